The normalized spacial score (nSPS) is 19.9. The molecule has 1 aromatic heterocycles. The number of hydrogen-bond donors (Lipinski definition) is 2. The molecule has 2 unspecified atom stereocenters. The van der Waals surface area contributed by atoms with Crippen molar-refractivity contribution in [3.05, 3.63) is 54.6 Å². The maximum Gasteiger partial charge on any atom is 0.256 e. The van der Waals surface area contributed by atoms with Crippen molar-refractivity contribution < 1.29 is 37.1 Å². The predicted octanol–water partition coefficient (Wildman–Crippen LogP) is 5.22. The summed E-state index contributed by atoms with van der Waals surface area (Å²) in [7, 11) is -2.27. The number of piperidine rings is 1. The maximum absolute atomic E-state index is 14.8. The Hall–Kier alpha value is -4.72. The number of carbonyl (C=O) groups excluding carboxylic acids is 4. The molecule has 3 fully saturated rings. The minimum absolute atomic E-state index is 0.00412. The van der Waals surface area contributed by atoms with Crippen molar-refractivity contribution in [3.8, 4) is 22.8 Å². The van der Waals surface area contributed by atoms with Gasteiger partial charge in [0.05, 0.1) is 36.0 Å². The van der Waals surface area contributed by atoms with Crippen molar-refractivity contribution in [2.75, 3.05) is 26.7 Å². The third kappa shape index (κ3) is 9.62. The molecule has 14 heteroatoms. The predicted molar refractivity (Wildman–Crippen MR) is 213 cm³/mol. The van der Waals surface area contributed by atoms with Crippen LogP contribution in [0.3, 0.4) is 0 Å². The van der Waals surface area contributed by atoms with Crippen molar-refractivity contribution in [2.24, 2.45) is 11.3 Å². The van der Waals surface area contributed by atoms with Crippen LogP contribution in [0.15, 0.2) is 54.6 Å². The third-order valence-electron chi connectivity index (χ3n) is 11.0. The van der Waals surface area contributed by atoms with Crippen LogP contribution in [-0.2, 0) is 29.2 Å². The molecule has 2 aromatic carbocycles. The van der Waals surface area contributed by atoms with Crippen LogP contribution >= 0.6 is 0 Å². The molecule has 1 saturated carbocycles. The molecule has 56 heavy (non-hydrogen) atoms. The number of methoxy groups -OCH3 is 1. The van der Waals surface area contributed by atoms with E-state index in [0.29, 0.717) is 60.4 Å². The highest BCUT2D eigenvalue weighted by Crippen LogP contribution is 2.37. The zero-order chi connectivity index (χ0) is 40.2. The van der Waals surface area contributed by atoms with Gasteiger partial charge in [-0.15, -0.1) is 0 Å². The molecule has 302 valence electrons. The zero-order valence-electron chi connectivity index (χ0n) is 33.1. The van der Waals surface area contributed by atoms with Crippen molar-refractivity contribution in [2.45, 2.75) is 109 Å². The first kappa shape index (κ1) is 40.9. The number of rotatable bonds is 14. The second-order valence-electron chi connectivity index (χ2n) is 16.4. The molecule has 4 atom stereocenters. The summed E-state index contributed by atoms with van der Waals surface area (Å²) < 4.78 is 39.7. The summed E-state index contributed by atoms with van der Waals surface area (Å²) >= 11 is 0. The van der Waals surface area contributed by atoms with Crippen molar-refractivity contribution in [1.82, 2.24) is 24.8 Å². The fourth-order valence-corrected chi connectivity index (χ4v) is 8.97. The summed E-state index contributed by atoms with van der Waals surface area (Å²) in [6.45, 7) is 8.95. The zero-order valence-corrected chi connectivity index (χ0v) is 33.9. The topological polar surface area (TPSA) is 164 Å². The van der Waals surface area contributed by atoms with Gasteiger partial charge in [-0.1, -0.05) is 64.4 Å². The Morgan fingerprint density at radius 1 is 0.982 bits per heavy atom. The van der Waals surface area contributed by atoms with Crippen molar-refractivity contribution in [1.29, 1.82) is 0 Å². The summed E-state index contributed by atoms with van der Waals surface area (Å²) in [5.41, 5.74) is 1.55. The molecule has 6 rings (SSSR count). The minimum atomic E-state index is -3.85. The van der Waals surface area contributed by atoms with E-state index in [1.807, 2.05) is 87.2 Å². The fraction of sp³-hybridized carbons (Fsp3) is 0.548. The highest BCUT2D eigenvalue weighted by molar-refractivity contribution is 7.90. The van der Waals surface area contributed by atoms with Crippen LogP contribution in [-0.4, -0.2) is 97.0 Å². The van der Waals surface area contributed by atoms with Crippen LogP contribution in [0, 0.1) is 11.3 Å². The van der Waals surface area contributed by atoms with E-state index in [4.69, 9.17) is 14.5 Å². The summed E-state index contributed by atoms with van der Waals surface area (Å²) in [5, 5.41) is 2.89. The molecule has 0 bridgehead atoms. The Balaban J connectivity index is 1.32. The largest absolute Gasteiger partial charge is 0.497 e. The van der Waals surface area contributed by atoms with Gasteiger partial charge in [-0.25, -0.2) is 13.4 Å². The number of fused-ring (bicyclic) bond motifs is 1. The number of benzene rings is 2. The van der Waals surface area contributed by atoms with E-state index in [2.05, 4.69) is 10.0 Å². The first-order chi connectivity index (χ1) is 26.7. The van der Waals surface area contributed by atoms with Gasteiger partial charge in [-0.05, 0) is 56.1 Å². The SMILES string of the molecule is CCCC(NC(=O)[C@@H]1C[C@@H](Oc2cc(-c3ccccc3)nc3cc(OC)ccc23)CN1C(=O)C(CC(=O)N1CCCCC1)C(C)(C)C)C(=O)NS(=O)(=O)C1CC1. The molecular weight excluding hydrogens is 735 g/mol. The van der Waals surface area contributed by atoms with Crippen molar-refractivity contribution in [3.63, 3.8) is 0 Å². The number of hydrogen-bond acceptors (Lipinski definition) is 9. The molecule has 2 N–H and O–H groups in total. The number of nitrogens with zero attached hydrogens (tertiary/aromatic N) is 3. The van der Waals surface area contributed by atoms with E-state index < -0.39 is 56.6 Å². The maximum atomic E-state index is 14.8. The Labute approximate surface area is 329 Å². The molecule has 0 spiro atoms. The van der Waals surface area contributed by atoms with Crippen LogP contribution < -0.4 is 19.5 Å². The number of ether oxygens (including phenoxy) is 2. The van der Waals surface area contributed by atoms with Gasteiger partial charge in [-0.2, -0.15) is 0 Å². The summed E-state index contributed by atoms with van der Waals surface area (Å²) in [4.78, 5) is 64.3. The van der Waals surface area contributed by atoms with E-state index in [9.17, 15) is 27.6 Å². The average Bonchev–Trinajstić information content (AvgIpc) is 3.97. The number of amides is 4. The molecule has 3 heterocycles. The Morgan fingerprint density at radius 2 is 1.70 bits per heavy atom. The highest BCUT2D eigenvalue weighted by atomic mass is 32.2. The molecule has 13 nitrogen and oxygen atoms in total. The number of aromatic nitrogens is 1. The molecule has 3 aliphatic rings. The lowest BCUT2D eigenvalue weighted by Crippen LogP contribution is -2.55. The quantitative estimate of drug-likeness (QED) is 0.223. The fourth-order valence-electron chi connectivity index (χ4n) is 7.62. The van der Waals surface area contributed by atoms with Gasteiger partial charge in [0.25, 0.3) is 5.91 Å². The van der Waals surface area contributed by atoms with Gasteiger partial charge in [0.2, 0.25) is 27.7 Å². The van der Waals surface area contributed by atoms with E-state index in [1.165, 1.54) is 4.90 Å². The second kappa shape index (κ2) is 17.2. The van der Waals surface area contributed by atoms with Crippen LogP contribution in [0.1, 0.15) is 85.5 Å². The van der Waals surface area contributed by atoms with Crippen LogP contribution in [0.5, 0.6) is 11.5 Å². The number of pyridine rings is 1. The first-order valence-electron chi connectivity index (χ1n) is 19.8. The molecular formula is C42H55N5O8S. The summed E-state index contributed by atoms with van der Waals surface area (Å²) in [6, 6.07) is 14.8. The second-order valence-corrected chi connectivity index (χ2v) is 18.3. The van der Waals surface area contributed by atoms with E-state index in [1.54, 1.807) is 7.11 Å². The van der Waals surface area contributed by atoms with Gasteiger partial charge in [-0.3, -0.25) is 23.9 Å². The van der Waals surface area contributed by atoms with E-state index in [0.717, 1.165) is 24.8 Å². The third-order valence-corrected chi connectivity index (χ3v) is 12.9. The molecule has 2 saturated heterocycles. The van der Waals surface area contributed by atoms with Crippen LogP contribution in [0.25, 0.3) is 22.2 Å². The monoisotopic (exact) mass is 789 g/mol. The van der Waals surface area contributed by atoms with E-state index >= 15 is 0 Å². The number of nitrogens with one attached hydrogen (secondary N) is 2. The Morgan fingerprint density at radius 3 is 2.34 bits per heavy atom. The van der Waals surface area contributed by atoms with E-state index in [-0.39, 0.29) is 37.6 Å². The Bertz CT molecular complexity index is 2030. The lowest BCUT2D eigenvalue weighted by Gasteiger charge is -2.36. The lowest BCUT2D eigenvalue weighted by atomic mass is 9.77. The lowest BCUT2D eigenvalue weighted by molar-refractivity contribution is -0.148. The van der Waals surface area contributed by atoms with Crippen LogP contribution in [0.2, 0.25) is 0 Å². The minimum Gasteiger partial charge on any atom is -0.497 e. The smallest absolute Gasteiger partial charge is 0.256 e. The number of carbonyl (C=O) groups is 4. The standard InChI is InChI=1S/C42H55N5O8S/c1-6-13-33(39(49)45-56(52,53)30-17-18-30)44-40(50)36-23-29(26-47(36)41(51)32(42(2,3)4)24-38(48)46-20-11-8-12-21-46)55-37-25-34(27-14-9-7-10-15-27)43-35-22-28(54-5)16-19-31(35)37/h7,9-10,14-16,19,22,25,29-30,32-33,36H,6,8,11-13,17-18,20-21,23-24,26H2,1-5H3,(H,44,50)(H,45,49)/t29-,32?,33?,36+/m1/s1. The highest BCUT2D eigenvalue weighted by Gasteiger charge is 2.47. The van der Waals surface area contributed by atoms with Gasteiger partial charge in [0, 0.05) is 49.0 Å². The Kier molecular flexibility index (Phi) is 12.6. The average molecular weight is 790 g/mol. The number of sulfonamides is 1. The molecule has 4 amide bonds. The molecule has 1 aliphatic carbocycles. The van der Waals surface area contributed by atoms with Gasteiger partial charge in [0.1, 0.15) is 29.7 Å². The van der Waals surface area contributed by atoms with Crippen LogP contribution in [0.4, 0.5) is 0 Å². The van der Waals surface area contributed by atoms with Gasteiger partial charge < -0.3 is 24.6 Å². The molecule has 0 radical (unpaired) electrons. The first-order valence-corrected chi connectivity index (χ1v) is 21.4. The van der Waals surface area contributed by atoms with Gasteiger partial charge in [0.15, 0.2) is 0 Å². The number of likely N-dealkylation sites (tertiary alicyclic amines) is 2. The molecule has 3 aromatic rings. The molecule has 2 aliphatic heterocycles. The van der Waals surface area contributed by atoms with Crippen molar-refractivity contribution >= 4 is 44.6 Å². The summed E-state index contributed by atoms with van der Waals surface area (Å²) in [6.07, 6.45) is 4.00. The van der Waals surface area contributed by atoms with Gasteiger partial charge >= 0.3 is 0 Å². The summed E-state index contributed by atoms with van der Waals surface area (Å²) in [5.74, 6) is -1.45.